The normalized spacial score (nSPS) is 11.9. The second kappa shape index (κ2) is 7.53. The van der Waals surface area contributed by atoms with E-state index in [2.05, 4.69) is 59.5 Å². The molecule has 0 saturated carbocycles. The number of hydrogen-bond donors (Lipinski definition) is 2. The molecule has 5 nitrogen and oxygen atoms in total. The van der Waals surface area contributed by atoms with E-state index in [4.69, 9.17) is 10.2 Å². The lowest BCUT2D eigenvalue weighted by atomic mass is 10.1. The Hall–Kier alpha value is -3.65. The highest BCUT2D eigenvalue weighted by Gasteiger charge is 2.11. The van der Waals surface area contributed by atoms with Crippen LogP contribution in [0.3, 0.4) is 0 Å². The molecular formula is C23H21N5. The number of aryl methyl sites for hydroxylation is 1. The number of nitriles is 1. The number of hydrogen-bond acceptors (Lipinski definition) is 4. The van der Waals surface area contributed by atoms with Crippen LogP contribution in [0.1, 0.15) is 36.8 Å². The van der Waals surface area contributed by atoms with E-state index in [0.29, 0.717) is 5.56 Å². The molecule has 1 unspecified atom stereocenters. The van der Waals surface area contributed by atoms with Crippen molar-refractivity contribution in [3.63, 3.8) is 0 Å². The van der Waals surface area contributed by atoms with Crippen LogP contribution in [0, 0.1) is 11.3 Å². The van der Waals surface area contributed by atoms with Crippen molar-refractivity contribution in [1.82, 2.24) is 15.0 Å². The first kappa shape index (κ1) is 17.7. The van der Waals surface area contributed by atoms with Gasteiger partial charge in [-0.2, -0.15) is 5.26 Å². The van der Waals surface area contributed by atoms with Gasteiger partial charge in [-0.1, -0.05) is 31.2 Å². The van der Waals surface area contributed by atoms with Gasteiger partial charge in [0.1, 0.15) is 11.6 Å². The zero-order valence-electron chi connectivity index (χ0n) is 15.9. The Labute approximate surface area is 164 Å². The standard InChI is InChI=1S/C23H21N5/c1-3-22-27-21(19-8-7-17-9-10-25-20(17)12-19)13-23(28-22)26-15(2)18-6-4-5-16(11-18)14-24/h4-13,15,25H,3H2,1-2H3,(H,26,27,28). The molecule has 0 saturated heterocycles. The van der Waals surface area contributed by atoms with E-state index in [1.807, 2.05) is 36.5 Å². The number of rotatable bonds is 5. The molecule has 4 aromatic rings. The van der Waals surface area contributed by atoms with E-state index in [-0.39, 0.29) is 6.04 Å². The summed E-state index contributed by atoms with van der Waals surface area (Å²) < 4.78 is 0. The summed E-state index contributed by atoms with van der Waals surface area (Å²) in [5.74, 6) is 1.58. The molecule has 4 rings (SSSR count). The fraction of sp³-hybridized carbons (Fsp3) is 0.174. The van der Waals surface area contributed by atoms with Crippen molar-refractivity contribution >= 4 is 16.7 Å². The Kier molecular flexibility index (Phi) is 4.77. The molecule has 138 valence electrons. The van der Waals surface area contributed by atoms with Gasteiger partial charge in [-0.25, -0.2) is 9.97 Å². The van der Waals surface area contributed by atoms with Crippen LogP contribution >= 0.6 is 0 Å². The monoisotopic (exact) mass is 367 g/mol. The van der Waals surface area contributed by atoms with Crippen LogP contribution < -0.4 is 5.32 Å². The second-order valence-corrected chi connectivity index (χ2v) is 6.79. The molecule has 1 atom stereocenters. The smallest absolute Gasteiger partial charge is 0.131 e. The van der Waals surface area contributed by atoms with E-state index in [1.54, 1.807) is 0 Å². The van der Waals surface area contributed by atoms with Gasteiger partial charge in [0.05, 0.1) is 17.3 Å². The van der Waals surface area contributed by atoms with Crippen molar-refractivity contribution in [3.05, 3.63) is 77.7 Å². The van der Waals surface area contributed by atoms with Crippen LogP contribution in [0.5, 0.6) is 0 Å². The van der Waals surface area contributed by atoms with Crippen LogP contribution in [0.2, 0.25) is 0 Å². The van der Waals surface area contributed by atoms with Crippen LogP contribution in [0.25, 0.3) is 22.2 Å². The van der Waals surface area contributed by atoms with Crippen LogP contribution in [0.15, 0.2) is 60.8 Å². The molecular weight excluding hydrogens is 346 g/mol. The van der Waals surface area contributed by atoms with Crippen molar-refractivity contribution in [1.29, 1.82) is 5.26 Å². The predicted molar refractivity (Wildman–Crippen MR) is 112 cm³/mol. The summed E-state index contributed by atoms with van der Waals surface area (Å²) in [4.78, 5) is 12.6. The van der Waals surface area contributed by atoms with E-state index in [1.165, 1.54) is 5.39 Å². The molecule has 28 heavy (non-hydrogen) atoms. The van der Waals surface area contributed by atoms with Crippen LogP contribution in [-0.4, -0.2) is 15.0 Å². The van der Waals surface area contributed by atoms with Gasteiger partial charge in [0.15, 0.2) is 0 Å². The Morgan fingerprint density at radius 3 is 2.82 bits per heavy atom. The number of aromatic amines is 1. The zero-order valence-corrected chi connectivity index (χ0v) is 15.9. The summed E-state index contributed by atoms with van der Waals surface area (Å²) in [7, 11) is 0. The molecule has 0 aliphatic rings. The fourth-order valence-electron chi connectivity index (χ4n) is 3.27. The number of H-pyrrole nitrogens is 1. The summed E-state index contributed by atoms with van der Waals surface area (Å²) in [6, 6.07) is 20.2. The summed E-state index contributed by atoms with van der Waals surface area (Å²) in [6.45, 7) is 4.12. The maximum Gasteiger partial charge on any atom is 0.131 e. The first-order valence-electron chi connectivity index (χ1n) is 9.38. The number of fused-ring (bicyclic) bond motifs is 1. The minimum absolute atomic E-state index is 0.0200. The number of nitrogens with one attached hydrogen (secondary N) is 2. The molecule has 0 spiro atoms. The molecule has 0 fully saturated rings. The van der Waals surface area contributed by atoms with Crippen molar-refractivity contribution in [2.24, 2.45) is 0 Å². The Bertz CT molecular complexity index is 1170. The average molecular weight is 367 g/mol. The third-order valence-electron chi connectivity index (χ3n) is 4.82. The lowest BCUT2D eigenvalue weighted by Gasteiger charge is -2.16. The maximum atomic E-state index is 9.13. The van der Waals surface area contributed by atoms with E-state index in [0.717, 1.165) is 40.4 Å². The minimum Gasteiger partial charge on any atom is -0.363 e. The molecule has 0 aliphatic carbocycles. The van der Waals surface area contributed by atoms with Gasteiger partial charge < -0.3 is 10.3 Å². The Morgan fingerprint density at radius 2 is 2.00 bits per heavy atom. The molecule has 0 aliphatic heterocycles. The third kappa shape index (κ3) is 3.58. The predicted octanol–water partition coefficient (Wildman–Crippen LogP) is 5.23. The highest BCUT2D eigenvalue weighted by Crippen LogP contribution is 2.26. The molecule has 0 amide bonds. The Morgan fingerprint density at radius 1 is 1.11 bits per heavy atom. The average Bonchev–Trinajstić information content (AvgIpc) is 3.21. The van der Waals surface area contributed by atoms with E-state index >= 15 is 0 Å². The highest BCUT2D eigenvalue weighted by atomic mass is 15.0. The molecule has 5 heteroatoms. The van der Waals surface area contributed by atoms with Crippen molar-refractivity contribution in [2.45, 2.75) is 26.3 Å². The van der Waals surface area contributed by atoms with Gasteiger partial charge in [0.25, 0.3) is 0 Å². The van der Waals surface area contributed by atoms with Gasteiger partial charge in [-0.3, -0.25) is 0 Å². The largest absolute Gasteiger partial charge is 0.363 e. The van der Waals surface area contributed by atoms with Crippen molar-refractivity contribution in [2.75, 3.05) is 5.32 Å². The molecule has 2 aromatic heterocycles. The first-order valence-corrected chi connectivity index (χ1v) is 9.38. The van der Waals surface area contributed by atoms with Crippen LogP contribution in [-0.2, 0) is 6.42 Å². The number of benzene rings is 2. The molecule has 2 N–H and O–H groups in total. The Balaban J connectivity index is 1.67. The molecule has 0 radical (unpaired) electrons. The van der Waals surface area contributed by atoms with Gasteiger partial charge in [-0.05, 0) is 42.1 Å². The lowest BCUT2D eigenvalue weighted by Crippen LogP contribution is -2.10. The summed E-state index contributed by atoms with van der Waals surface area (Å²) in [6.07, 6.45) is 2.70. The topological polar surface area (TPSA) is 77.4 Å². The van der Waals surface area contributed by atoms with Gasteiger partial charge in [0, 0.05) is 35.8 Å². The van der Waals surface area contributed by atoms with Gasteiger partial charge >= 0.3 is 0 Å². The highest BCUT2D eigenvalue weighted by molar-refractivity contribution is 5.84. The lowest BCUT2D eigenvalue weighted by molar-refractivity contribution is 0.857. The number of nitrogens with zero attached hydrogens (tertiary/aromatic N) is 3. The van der Waals surface area contributed by atoms with Crippen LogP contribution in [0.4, 0.5) is 5.82 Å². The summed E-state index contributed by atoms with van der Waals surface area (Å²) in [5, 5.41) is 13.8. The fourth-order valence-corrected chi connectivity index (χ4v) is 3.27. The van der Waals surface area contributed by atoms with Gasteiger partial charge in [0.2, 0.25) is 0 Å². The molecule has 2 aromatic carbocycles. The SMILES string of the molecule is CCc1nc(NC(C)c2cccc(C#N)c2)cc(-c2ccc3cc[nH]c3c2)n1. The first-order chi connectivity index (χ1) is 13.7. The zero-order chi connectivity index (χ0) is 19.5. The van der Waals surface area contributed by atoms with E-state index in [9.17, 15) is 0 Å². The third-order valence-corrected chi connectivity index (χ3v) is 4.82. The van der Waals surface area contributed by atoms with Crippen molar-refractivity contribution in [3.8, 4) is 17.3 Å². The maximum absolute atomic E-state index is 9.13. The number of aromatic nitrogens is 3. The second-order valence-electron chi connectivity index (χ2n) is 6.79. The number of anilines is 1. The van der Waals surface area contributed by atoms with E-state index < -0.39 is 0 Å². The molecule has 2 heterocycles. The molecule has 0 bridgehead atoms. The summed E-state index contributed by atoms with van der Waals surface area (Å²) in [5.41, 5.74) is 4.73. The quantitative estimate of drug-likeness (QED) is 0.506. The minimum atomic E-state index is 0.0200. The van der Waals surface area contributed by atoms with Gasteiger partial charge in [-0.15, -0.1) is 0 Å². The van der Waals surface area contributed by atoms with Crippen molar-refractivity contribution < 1.29 is 0 Å². The summed E-state index contributed by atoms with van der Waals surface area (Å²) >= 11 is 0.